The highest BCUT2D eigenvalue weighted by atomic mass is 16.3. The number of benzene rings is 1. The van der Waals surface area contributed by atoms with E-state index in [1.54, 1.807) is 24.3 Å². The molecular formula is C13H14N2O2. The van der Waals surface area contributed by atoms with Gasteiger partial charge in [-0.15, -0.1) is 0 Å². The lowest BCUT2D eigenvalue weighted by Crippen LogP contribution is -2.20. The molecule has 0 bridgehead atoms. The minimum atomic E-state index is -0.166. The summed E-state index contributed by atoms with van der Waals surface area (Å²) in [5.41, 5.74) is 6.98. The number of aliphatic hydroxyl groups excluding tert-OH is 1. The Kier molecular flexibility index (Phi) is 2.95. The van der Waals surface area contributed by atoms with Gasteiger partial charge in [-0.05, 0) is 25.0 Å². The number of rotatable bonds is 1. The summed E-state index contributed by atoms with van der Waals surface area (Å²) >= 11 is 0. The molecule has 4 nitrogen and oxygen atoms in total. The molecule has 1 aromatic rings. The van der Waals surface area contributed by atoms with E-state index in [4.69, 9.17) is 11.1 Å². The fourth-order valence-electron chi connectivity index (χ4n) is 1.95. The van der Waals surface area contributed by atoms with Gasteiger partial charge in [0.2, 0.25) is 0 Å². The normalized spacial score (nSPS) is 19.3. The molecule has 0 unspecified atom stereocenters. The molecule has 88 valence electrons. The summed E-state index contributed by atoms with van der Waals surface area (Å²) in [7, 11) is 0. The summed E-state index contributed by atoms with van der Waals surface area (Å²) in [5, 5.41) is 17.8. The maximum absolute atomic E-state index is 11.7. The standard InChI is InChI=1S/C13H14N2O2/c14-9-4-1-3-8(7-9)13(17)12-10(15)5-2-6-11(12)16/h1,3-4,7,15,17H,2,5-6,14H2. The number of ketones is 1. The molecule has 4 N–H and O–H groups in total. The van der Waals surface area contributed by atoms with Crippen molar-refractivity contribution < 1.29 is 9.90 Å². The predicted molar refractivity (Wildman–Crippen MR) is 67.0 cm³/mol. The molecular weight excluding hydrogens is 216 g/mol. The number of aliphatic hydroxyl groups is 1. The van der Waals surface area contributed by atoms with Gasteiger partial charge in [0.15, 0.2) is 5.78 Å². The van der Waals surface area contributed by atoms with E-state index in [0.717, 1.165) is 0 Å². The van der Waals surface area contributed by atoms with Crippen LogP contribution in [0, 0.1) is 5.41 Å². The second-order valence-electron chi connectivity index (χ2n) is 4.10. The van der Waals surface area contributed by atoms with E-state index in [0.29, 0.717) is 30.5 Å². The molecule has 2 rings (SSSR count). The molecule has 0 saturated heterocycles. The number of nitrogens with two attached hydrogens (primary N) is 1. The van der Waals surface area contributed by atoms with Gasteiger partial charge < -0.3 is 16.2 Å². The van der Waals surface area contributed by atoms with Crippen molar-refractivity contribution in [2.24, 2.45) is 0 Å². The Bertz CT molecular complexity index is 500. The first-order valence-corrected chi connectivity index (χ1v) is 5.49. The van der Waals surface area contributed by atoms with Crippen molar-refractivity contribution >= 4 is 22.9 Å². The molecule has 17 heavy (non-hydrogen) atoms. The number of Topliss-reactive ketones (excluding diaryl/α,β-unsaturated/α-hetero) is 1. The number of hydrogen-bond donors (Lipinski definition) is 3. The number of carbonyl (C=O) groups excluding carboxylic acids is 1. The van der Waals surface area contributed by atoms with Crippen molar-refractivity contribution in [3.63, 3.8) is 0 Å². The highest BCUT2D eigenvalue weighted by Gasteiger charge is 2.24. The Morgan fingerprint density at radius 1 is 1.35 bits per heavy atom. The summed E-state index contributed by atoms with van der Waals surface area (Å²) < 4.78 is 0. The molecule has 0 aromatic heterocycles. The molecule has 0 atom stereocenters. The highest BCUT2D eigenvalue weighted by molar-refractivity contribution is 6.26. The number of nitrogens with one attached hydrogen (secondary N) is 1. The number of hydrogen-bond acceptors (Lipinski definition) is 4. The van der Waals surface area contributed by atoms with Crippen LogP contribution < -0.4 is 5.73 Å². The maximum Gasteiger partial charge on any atom is 0.168 e. The molecule has 0 radical (unpaired) electrons. The van der Waals surface area contributed by atoms with Crippen molar-refractivity contribution in [3.05, 3.63) is 35.4 Å². The largest absolute Gasteiger partial charge is 0.506 e. The second kappa shape index (κ2) is 4.41. The number of nitrogen functional groups attached to an aromatic ring is 1. The molecule has 1 aromatic carbocycles. The zero-order chi connectivity index (χ0) is 12.4. The van der Waals surface area contributed by atoms with E-state index in [1.807, 2.05) is 0 Å². The van der Waals surface area contributed by atoms with Gasteiger partial charge in [0.25, 0.3) is 0 Å². The quantitative estimate of drug-likeness (QED) is 0.393. The van der Waals surface area contributed by atoms with Gasteiger partial charge in [0.1, 0.15) is 5.76 Å². The molecule has 4 heteroatoms. The highest BCUT2D eigenvalue weighted by Crippen LogP contribution is 2.25. The number of anilines is 1. The third kappa shape index (κ3) is 2.20. The van der Waals surface area contributed by atoms with Crippen molar-refractivity contribution in [2.45, 2.75) is 19.3 Å². The first-order chi connectivity index (χ1) is 8.09. The van der Waals surface area contributed by atoms with Gasteiger partial charge in [-0.2, -0.15) is 0 Å². The van der Waals surface area contributed by atoms with E-state index < -0.39 is 0 Å². The molecule has 1 saturated carbocycles. The predicted octanol–water partition coefficient (Wildman–Crippen LogP) is 2.31. The average Bonchev–Trinajstić information content (AvgIpc) is 2.28. The summed E-state index contributed by atoms with van der Waals surface area (Å²) in [5.74, 6) is -0.298. The summed E-state index contributed by atoms with van der Waals surface area (Å²) in [6, 6.07) is 6.68. The minimum Gasteiger partial charge on any atom is -0.506 e. The summed E-state index contributed by atoms with van der Waals surface area (Å²) in [4.78, 5) is 11.7. The topological polar surface area (TPSA) is 87.2 Å². The van der Waals surface area contributed by atoms with Crippen LogP contribution in [0.2, 0.25) is 0 Å². The maximum atomic E-state index is 11.7. The van der Waals surface area contributed by atoms with E-state index in [9.17, 15) is 9.90 Å². The Morgan fingerprint density at radius 3 is 2.76 bits per heavy atom. The molecule has 0 spiro atoms. The van der Waals surface area contributed by atoms with Crippen LogP contribution in [0.3, 0.4) is 0 Å². The van der Waals surface area contributed by atoms with Crippen LogP contribution in [0.25, 0.3) is 5.76 Å². The van der Waals surface area contributed by atoms with E-state index in [1.165, 1.54) is 0 Å². The minimum absolute atomic E-state index is 0.132. The first-order valence-electron chi connectivity index (χ1n) is 5.49. The zero-order valence-corrected chi connectivity index (χ0v) is 9.36. The number of carbonyl (C=O) groups is 1. The van der Waals surface area contributed by atoms with Crippen LogP contribution in [0.5, 0.6) is 0 Å². The first kappa shape index (κ1) is 11.4. The molecule has 0 heterocycles. The van der Waals surface area contributed by atoms with Gasteiger partial charge in [-0.1, -0.05) is 12.1 Å². The van der Waals surface area contributed by atoms with Gasteiger partial charge in [-0.25, -0.2) is 0 Å². The third-order valence-corrected chi connectivity index (χ3v) is 2.81. The van der Waals surface area contributed by atoms with E-state index in [-0.39, 0.29) is 22.8 Å². The Labute approximate surface area is 99.3 Å². The SMILES string of the molecule is N=C1CCCC(=O)C1=C(O)c1cccc(N)c1. The fraction of sp³-hybridized carbons (Fsp3) is 0.231. The molecule has 1 aliphatic rings. The fourth-order valence-corrected chi connectivity index (χ4v) is 1.95. The number of allylic oxidation sites excluding steroid dienone is 1. The monoisotopic (exact) mass is 230 g/mol. The smallest absolute Gasteiger partial charge is 0.168 e. The van der Waals surface area contributed by atoms with Crippen LogP contribution in [-0.2, 0) is 4.79 Å². The molecule has 0 amide bonds. The van der Waals surface area contributed by atoms with Crippen LogP contribution >= 0.6 is 0 Å². The Balaban J connectivity index is 2.49. The van der Waals surface area contributed by atoms with Crippen LogP contribution in [0.4, 0.5) is 5.69 Å². The third-order valence-electron chi connectivity index (χ3n) is 2.81. The molecule has 0 aliphatic heterocycles. The van der Waals surface area contributed by atoms with Gasteiger partial charge >= 0.3 is 0 Å². The summed E-state index contributed by atoms with van der Waals surface area (Å²) in [6.07, 6.45) is 1.61. The second-order valence-corrected chi connectivity index (χ2v) is 4.10. The lowest BCUT2D eigenvalue weighted by atomic mass is 9.89. The van der Waals surface area contributed by atoms with Crippen LogP contribution in [0.1, 0.15) is 24.8 Å². The van der Waals surface area contributed by atoms with Crippen molar-refractivity contribution in [1.29, 1.82) is 5.41 Å². The average molecular weight is 230 g/mol. The van der Waals surface area contributed by atoms with E-state index in [2.05, 4.69) is 0 Å². The van der Waals surface area contributed by atoms with Crippen molar-refractivity contribution in [2.75, 3.05) is 5.73 Å². The Morgan fingerprint density at radius 2 is 2.12 bits per heavy atom. The van der Waals surface area contributed by atoms with E-state index >= 15 is 0 Å². The molecule has 1 fully saturated rings. The Hall–Kier alpha value is -2.10. The van der Waals surface area contributed by atoms with Crippen LogP contribution in [0.15, 0.2) is 29.8 Å². The molecule has 1 aliphatic carbocycles. The van der Waals surface area contributed by atoms with Crippen LogP contribution in [-0.4, -0.2) is 16.6 Å². The zero-order valence-electron chi connectivity index (χ0n) is 9.36. The van der Waals surface area contributed by atoms with Crippen molar-refractivity contribution in [1.82, 2.24) is 0 Å². The van der Waals surface area contributed by atoms with Crippen molar-refractivity contribution in [3.8, 4) is 0 Å². The van der Waals surface area contributed by atoms with Gasteiger partial charge in [-0.3, -0.25) is 4.79 Å². The summed E-state index contributed by atoms with van der Waals surface area (Å²) in [6.45, 7) is 0. The lowest BCUT2D eigenvalue weighted by Gasteiger charge is -2.16. The van der Waals surface area contributed by atoms with Gasteiger partial charge in [0, 0.05) is 23.4 Å². The van der Waals surface area contributed by atoms with Gasteiger partial charge in [0.05, 0.1) is 5.57 Å². The lowest BCUT2D eigenvalue weighted by molar-refractivity contribution is -0.115.